The van der Waals surface area contributed by atoms with E-state index in [9.17, 15) is 14.4 Å². The first-order valence-corrected chi connectivity index (χ1v) is 8.23. The van der Waals surface area contributed by atoms with Crippen LogP contribution in [-0.2, 0) is 12.8 Å². The summed E-state index contributed by atoms with van der Waals surface area (Å²) in [4.78, 5) is 35.3. The molecule has 1 aromatic carbocycles. The molecule has 1 aliphatic rings. The summed E-state index contributed by atoms with van der Waals surface area (Å²) in [6, 6.07) is 6.60. The van der Waals surface area contributed by atoms with E-state index in [0.29, 0.717) is 42.7 Å². The van der Waals surface area contributed by atoms with Crippen molar-refractivity contribution in [2.75, 3.05) is 6.54 Å². The van der Waals surface area contributed by atoms with Crippen LogP contribution in [0.1, 0.15) is 61.0 Å². The molecule has 0 fully saturated rings. The second-order valence-electron chi connectivity index (χ2n) is 6.14. The molecule has 1 aromatic heterocycles. The smallest absolute Gasteiger partial charge is 0.335 e. The van der Waals surface area contributed by atoms with Gasteiger partial charge in [0.25, 0.3) is 5.91 Å². The lowest BCUT2D eigenvalue weighted by molar-refractivity contribution is 0.0696. The van der Waals surface area contributed by atoms with E-state index >= 15 is 0 Å². The Kier molecular flexibility index (Phi) is 4.70. The molecule has 0 saturated heterocycles. The van der Waals surface area contributed by atoms with Gasteiger partial charge >= 0.3 is 5.97 Å². The third-order valence-corrected chi connectivity index (χ3v) is 4.39. The second-order valence-corrected chi connectivity index (χ2v) is 6.14. The van der Waals surface area contributed by atoms with Crippen molar-refractivity contribution >= 4 is 17.7 Å². The van der Waals surface area contributed by atoms with Crippen LogP contribution in [0.25, 0.3) is 0 Å². The number of Topliss-reactive ketones (excluding diaryl/α,β-unsaturated/α-hetero) is 1. The number of fused-ring (bicyclic) bond motifs is 1. The molecule has 2 aromatic rings. The van der Waals surface area contributed by atoms with Gasteiger partial charge in [-0.05, 0) is 37.5 Å². The summed E-state index contributed by atoms with van der Waals surface area (Å²) >= 11 is 0. The monoisotopic (exact) mass is 341 g/mol. The van der Waals surface area contributed by atoms with Gasteiger partial charge in [0.05, 0.1) is 11.1 Å². The van der Waals surface area contributed by atoms with Gasteiger partial charge in [0.15, 0.2) is 11.5 Å². The van der Waals surface area contributed by atoms with E-state index in [1.54, 1.807) is 19.1 Å². The minimum atomic E-state index is -0.979. The molecule has 0 bridgehead atoms. The predicted molar refractivity (Wildman–Crippen MR) is 90.2 cm³/mol. The normalized spacial score (nSPS) is 13.4. The molecule has 1 amide bonds. The van der Waals surface area contributed by atoms with Gasteiger partial charge in [0, 0.05) is 24.9 Å². The average molecular weight is 341 g/mol. The van der Waals surface area contributed by atoms with Crippen molar-refractivity contribution in [2.24, 2.45) is 0 Å². The van der Waals surface area contributed by atoms with Crippen molar-refractivity contribution < 1.29 is 23.9 Å². The van der Waals surface area contributed by atoms with E-state index in [-0.39, 0.29) is 23.0 Å². The average Bonchev–Trinajstić information content (AvgIpc) is 2.93. The number of amides is 1. The Bertz CT molecular complexity index is 849. The molecule has 0 radical (unpaired) electrons. The summed E-state index contributed by atoms with van der Waals surface area (Å²) < 4.78 is 5.61. The standard InChI is InChI=1S/C19H19NO5/c1-11-16-14(21)6-3-7-15(16)25-17(11)18(22)20-9-8-12-4-2-5-13(10-12)19(23)24/h2,4-5,10H,3,6-9H2,1H3,(H,20,22)(H,23,24). The van der Waals surface area contributed by atoms with E-state index in [0.717, 1.165) is 12.0 Å². The van der Waals surface area contributed by atoms with Crippen molar-refractivity contribution in [1.29, 1.82) is 0 Å². The minimum Gasteiger partial charge on any atom is -0.478 e. The molecule has 0 aliphatic heterocycles. The lowest BCUT2D eigenvalue weighted by atomic mass is 9.94. The SMILES string of the molecule is Cc1c(C(=O)NCCc2cccc(C(=O)O)c2)oc2c1C(=O)CCC2. The highest BCUT2D eigenvalue weighted by atomic mass is 16.4. The van der Waals surface area contributed by atoms with Crippen molar-refractivity contribution in [2.45, 2.75) is 32.6 Å². The number of hydrogen-bond donors (Lipinski definition) is 2. The summed E-state index contributed by atoms with van der Waals surface area (Å²) in [6.07, 6.45) is 2.43. The third-order valence-electron chi connectivity index (χ3n) is 4.39. The molecule has 2 N–H and O–H groups in total. The maximum atomic E-state index is 12.3. The van der Waals surface area contributed by atoms with Crippen LogP contribution in [0.5, 0.6) is 0 Å². The number of furan rings is 1. The zero-order valence-electron chi connectivity index (χ0n) is 13.9. The first-order valence-electron chi connectivity index (χ1n) is 8.23. The minimum absolute atomic E-state index is 0.0343. The number of hydrogen-bond acceptors (Lipinski definition) is 4. The van der Waals surface area contributed by atoms with Gasteiger partial charge in [-0.3, -0.25) is 9.59 Å². The zero-order valence-corrected chi connectivity index (χ0v) is 13.9. The Morgan fingerprint density at radius 3 is 2.80 bits per heavy atom. The van der Waals surface area contributed by atoms with Crippen molar-refractivity contribution in [3.8, 4) is 0 Å². The molecule has 0 atom stereocenters. The molecular weight excluding hydrogens is 322 g/mol. The van der Waals surface area contributed by atoms with E-state index in [1.807, 2.05) is 6.07 Å². The molecule has 0 spiro atoms. The van der Waals surface area contributed by atoms with Crippen LogP contribution in [0, 0.1) is 6.92 Å². The summed E-state index contributed by atoms with van der Waals surface area (Å²) in [5.74, 6) is -0.499. The zero-order chi connectivity index (χ0) is 18.0. The maximum Gasteiger partial charge on any atom is 0.335 e. The molecule has 1 aliphatic carbocycles. The van der Waals surface area contributed by atoms with E-state index in [4.69, 9.17) is 9.52 Å². The number of benzene rings is 1. The fraction of sp³-hybridized carbons (Fsp3) is 0.316. The summed E-state index contributed by atoms with van der Waals surface area (Å²) in [5, 5.41) is 11.8. The number of carboxylic acids is 1. The van der Waals surface area contributed by atoms with Crippen LogP contribution < -0.4 is 5.32 Å². The van der Waals surface area contributed by atoms with Gasteiger partial charge in [-0.25, -0.2) is 4.79 Å². The van der Waals surface area contributed by atoms with Gasteiger partial charge < -0.3 is 14.8 Å². The van der Waals surface area contributed by atoms with Crippen LogP contribution in [0.2, 0.25) is 0 Å². The Morgan fingerprint density at radius 2 is 2.08 bits per heavy atom. The third kappa shape index (κ3) is 3.47. The van der Waals surface area contributed by atoms with Crippen LogP contribution in [0.15, 0.2) is 28.7 Å². The number of rotatable bonds is 5. The van der Waals surface area contributed by atoms with Gasteiger partial charge in [-0.15, -0.1) is 0 Å². The van der Waals surface area contributed by atoms with E-state index < -0.39 is 5.97 Å². The first-order chi connectivity index (χ1) is 12.0. The topological polar surface area (TPSA) is 96.6 Å². The van der Waals surface area contributed by atoms with Crippen LogP contribution >= 0.6 is 0 Å². The van der Waals surface area contributed by atoms with E-state index in [2.05, 4.69) is 5.32 Å². The molecule has 6 heteroatoms. The lowest BCUT2D eigenvalue weighted by Crippen LogP contribution is -2.26. The van der Waals surface area contributed by atoms with E-state index in [1.165, 1.54) is 6.07 Å². The fourth-order valence-electron chi connectivity index (χ4n) is 3.13. The molecule has 1 heterocycles. The number of ketones is 1. The lowest BCUT2D eigenvalue weighted by Gasteiger charge is -2.07. The Hall–Kier alpha value is -2.89. The predicted octanol–water partition coefficient (Wildman–Crippen LogP) is 2.78. The number of nitrogens with one attached hydrogen (secondary N) is 1. The largest absolute Gasteiger partial charge is 0.478 e. The van der Waals surface area contributed by atoms with Gasteiger partial charge in [0.2, 0.25) is 0 Å². The summed E-state index contributed by atoms with van der Waals surface area (Å²) in [5.41, 5.74) is 2.21. The molecule has 6 nitrogen and oxygen atoms in total. The number of carbonyl (C=O) groups excluding carboxylic acids is 2. The Balaban J connectivity index is 1.65. The molecule has 3 rings (SSSR count). The second kappa shape index (κ2) is 6.93. The molecule has 0 unspecified atom stereocenters. The van der Waals surface area contributed by atoms with Crippen LogP contribution in [0.3, 0.4) is 0 Å². The summed E-state index contributed by atoms with van der Waals surface area (Å²) in [6.45, 7) is 2.08. The molecule has 0 saturated carbocycles. The highest BCUT2D eigenvalue weighted by Gasteiger charge is 2.28. The quantitative estimate of drug-likeness (QED) is 0.871. The van der Waals surface area contributed by atoms with Crippen LogP contribution in [0.4, 0.5) is 0 Å². The number of carboxylic acid groups (broad SMARTS) is 1. The molecule has 25 heavy (non-hydrogen) atoms. The highest BCUT2D eigenvalue weighted by molar-refractivity contribution is 6.03. The number of aromatic carboxylic acids is 1. The Morgan fingerprint density at radius 1 is 1.28 bits per heavy atom. The van der Waals surface area contributed by atoms with Crippen molar-refractivity contribution in [3.63, 3.8) is 0 Å². The van der Waals surface area contributed by atoms with Gasteiger partial charge in [-0.1, -0.05) is 12.1 Å². The van der Waals surface area contributed by atoms with Crippen molar-refractivity contribution in [3.05, 3.63) is 58.0 Å². The molecule has 130 valence electrons. The highest BCUT2D eigenvalue weighted by Crippen LogP contribution is 2.29. The Labute approximate surface area is 144 Å². The van der Waals surface area contributed by atoms with Gasteiger partial charge in [0.1, 0.15) is 5.76 Å². The summed E-state index contributed by atoms with van der Waals surface area (Å²) in [7, 11) is 0. The molecular formula is C19H19NO5. The first kappa shape index (κ1) is 17.0. The number of carbonyl (C=O) groups is 3. The van der Waals surface area contributed by atoms with Crippen molar-refractivity contribution in [1.82, 2.24) is 5.32 Å². The number of aryl methyl sites for hydroxylation is 1. The maximum absolute atomic E-state index is 12.3. The van der Waals surface area contributed by atoms with Gasteiger partial charge in [-0.2, -0.15) is 0 Å². The van der Waals surface area contributed by atoms with Crippen LogP contribution in [-0.4, -0.2) is 29.3 Å². The fourth-order valence-corrected chi connectivity index (χ4v) is 3.13.